The van der Waals surface area contributed by atoms with Gasteiger partial charge in [0.25, 0.3) is 0 Å². The molecule has 0 aromatic carbocycles. The Bertz CT molecular complexity index is 623. The Morgan fingerprint density at radius 1 is 1.53 bits per heavy atom. The van der Waals surface area contributed by atoms with Crippen molar-refractivity contribution in [2.24, 2.45) is 0 Å². The van der Waals surface area contributed by atoms with E-state index in [0.717, 1.165) is 23.9 Å². The number of carboxylic acid groups (broad SMARTS) is 1. The molecule has 1 aliphatic rings. The van der Waals surface area contributed by atoms with Gasteiger partial charge in [0.1, 0.15) is 11.8 Å². The van der Waals surface area contributed by atoms with Gasteiger partial charge in [-0.2, -0.15) is 4.98 Å². The monoisotopic (exact) mass is 278 g/mol. The van der Waals surface area contributed by atoms with Crippen molar-refractivity contribution in [3.8, 4) is 5.88 Å². The van der Waals surface area contributed by atoms with Gasteiger partial charge in [-0.1, -0.05) is 0 Å². The van der Waals surface area contributed by atoms with E-state index in [2.05, 4.69) is 4.98 Å². The first kappa shape index (κ1) is 12.2. The summed E-state index contributed by atoms with van der Waals surface area (Å²) in [4.78, 5) is 15.9. The van der Waals surface area contributed by atoms with Crippen LogP contribution >= 0.6 is 11.3 Å². The van der Waals surface area contributed by atoms with Gasteiger partial charge in [0.05, 0.1) is 0 Å². The van der Waals surface area contributed by atoms with E-state index >= 15 is 0 Å². The second-order valence-electron chi connectivity index (χ2n) is 4.55. The molecule has 1 N–H and O–H groups in total. The van der Waals surface area contributed by atoms with Crippen LogP contribution in [0.2, 0.25) is 0 Å². The maximum absolute atomic E-state index is 10.7. The summed E-state index contributed by atoms with van der Waals surface area (Å²) in [6, 6.07) is 0. The summed E-state index contributed by atoms with van der Waals surface area (Å²) in [5, 5.41) is 10.7. The molecule has 0 amide bonds. The molecular weight excluding hydrogens is 264 g/mol. The third-order valence-electron chi connectivity index (χ3n) is 3.23. The number of nitrogens with zero attached hydrogens (tertiary/aromatic N) is 2. The van der Waals surface area contributed by atoms with Crippen LogP contribution in [-0.2, 0) is 4.79 Å². The van der Waals surface area contributed by atoms with Crippen LogP contribution in [0, 0.1) is 0 Å². The third kappa shape index (κ3) is 2.49. The number of rotatable bonds is 4. The van der Waals surface area contributed by atoms with Crippen LogP contribution in [0.15, 0.2) is 17.7 Å². The number of aromatic nitrogens is 2. The molecule has 2 aromatic rings. The van der Waals surface area contributed by atoms with Gasteiger partial charge in [-0.05, 0) is 31.8 Å². The molecule has 0 bridgehead atoms. The molecule has 5 nitrogen and oxygen atoms in total. The van der Waals surface area contributed by atoms with Crippen LogP contribution in [0.5, 0.6) is 5.88 Å². The van der Waals surface area contributed by atoms with Crippen LogP contribution in [-0.4, -0.2) is 26.6 Å². The van der Waals surface area contributed by atoms with E-state index in [-0.39, 0.29) is 6.10 Å². The van der Waals surface area contributed by atoms with Crippen molar-refractivity contribution in [2.75, 3.05) is 0 Å². The summed E-state index contributed by atoms with van der Waals surface area (Å²) in [6.07, 6.45) is 9.21. The van der Waals surface area contributed by atoms with Crippen molar-refractivity contribution in [1.29, 1.82) is 0 Å². The largest absolute Gasteiger partial charge is 0.478 e. The van der Waals surface area contributed by atoms with Gasteiger partial charge in [-0.15, -0.1) is 11.3 Å². The first-order valence-electron chi connectivity index (χ1n) is 6.27. The summed E-state index contributed by atoms with van der Waals surface area (Å²) in [7, 11) is 0. The van der Waals surface area contributed by atoms with Crippen LogP contribution in [0.4, 0.5) is 0 Å². The van der Waals surface area contributed by atoms with Crippen LogP contribution in [0.25, 0.3) is 11.0 Å². The van der Waals surface area contributed by atoms with Crippen molar-refractivity contribution in [1.82, 2.24) is 9.38 Å². The second-order valence-corrected chi connectivity index (χ2v) is 5.43. The molecule has 0 aliphatic heterocycles. The van der Waals surface area contributed by atoms with Crippen LogP contribution < -0.4 is 4.74 Å². The predicted octanol–water partition coefficient (Wildman–Crippen LogP) is 2.82. The van der Waals surface area contributed by atoms with Crippen molar-refractivity contribution in [2.45, 2.75) is 31.8 Å². The summed E-state index contributed by atoms with van der Waals surface area (Å²) in [5.41, 5.74) is 0.700. The number of hydrogen-bond donors (Lipinski definition) is 1. The smallest absolute Gasteiger partial charge is 0.328 e. The Morgan fingerprint density at radius 3 is 3.05 bits per heavy atom. The highest BCUT2D eigenvalue weighted by atomic mass is 32.1. The van der Waals surface area contributed by atoms with E-state index in [1.54, 1.807) is 6.08 Å². The molecule has 2 heterocycles. The maximum Gasteiger partial charge on any atom is 0.328 e. The minimum atomic E-state index is -0.975. The molecule has 3 rings (SSSR count). The fourth-order valence-electron chi connectivity index (χ4n) is 2.34. The number of aliphatic carboxylic acids is 1. The molecule has 19 heavy (non-hydrogen) atoms. The van der Waals surface area contributed by atoms with Gasteiger partial charge in [-0.3, -0.25) is 4.40 Å². The highest BCUT2D eigenvalue weighted by molar-refractivity contribution is 7.15. The molecular formula is C13H14N2O3S. The Labute approximate surface area is 114 Å². The van der Waals surface area contributed by atoms with Crippen molar-refractivity contribution < 1.29 is 14.6 Å². The molecule has 6 heteroatoms. The zero-order valence-corrected chi connectivity index (χ0v) is 11.1. The third-order valence-corrected chi connectivity index (χ3v) is 3.99. The van der Waals surface area contributed by atoms with Crippen molar-refractivity contribution >= 4 is 28.3 Å². The normalized spacial score (nSPS) is 16.6. The number of imidazole rings is 1. The van der Waals surface area contributed by atoms with Crippen molar-refractivity contribution in [3.05, 3.63) is 23.3 Å². The Morgan fingerprint density at radius 2 is 2.32 bits per heavy atom. The summed E-state index contributed by atoms with van der Waals surface area (Å²) < 4.78 is 7.77. The quantitative estimate of drug-likeness (QED) is 0.873. The minimum Gasteiger partial charge on any atom is -0.478 e. The van der Waals surface area contributed by atoms with E-state index < -0.39 is 5.97 Å². The lowest BCUT2D eigenvalue weighted by molar-refractivity contribution is -0.131. The summed E-state index contributed by atoms with van der Waals surface area (Å²) >= 11 is 1.51. The van der Waals surface area contributed by atoms with Gasteiger partial charge in [0.15, 0.2) is 4.96 Å². The lowest BCUT2D eigenvalue weighted by Gasteiger charge is -2.10. The van der Waals surface area contributed by atoms with E-state index in [0.29, 0.717) is 11.6 Å². The first-order chi connectivity index (χ1) is 9.24. The molecule has 0 saturated heterocycles. The lowest BCUT2D eigenvalue weighted by Crippen LogP contribution is -2.11. The van der Waals surface area contributed by atoms with Crippen molar-refractivity contribution in [3.63, 3.8) is 0 Å². The average molecular weight is 278 g/mol. The fraction of sp³-hybridized carbons (Fsp3) is 0.385. The SMILES string of the molecule is O=C(O)C=Cc1c(OC2CCCC2)nc2sccn12. The van der Waals surface area contributed by atoms with E-state index in [1.807, 2.05) is 16.0 Å². The molecule has 2 aromatic heterocycles. The zero-order chi connectivity index (χ0) is 13.2. The topological polar surface area (TPSA) is 63.8 Å². The summed E-state index contributed by atoms with van der Waals surface area (Å²) in [5.74, 6) is -0.437. The van der Waals surface area contributed by atoms with Gasteiger partial charge < -0.3 is 9.84 Å². The molecule has 0 atom stereocenters. The highest BCUT2D eigenvalue weighted by Gasteiger charge is 2.20. The Hall–Kier alpha value is -1.82. The van der Waals surface area contributed by atoms with E-state index in [4.69, 9.17) is 9.84 Å². The lowest BCUT2D eigenvalue weighted by atomic mass is 10.3. The second kappa shape index (κ2) is 5.05. The molecule has 1 saturated carbocycles. The fourth-order valence-corrected chi connectivity index (χ4v) is 3.05. The van der Waals surface area contributed by atoms with E-state index in [9.17, 15) is 4.79 Å². The standard InChI is InChI=1S/C13H14N2O3S/c16-11(17)6-5-10-12(18-9-3-1-2-4-9)14-13-15(10)7-8-19-13/h5-9H,1-4H2,(H,16,17). The molecule has 1 fully saturated rings. The Kier molecular flexibility index (Phi) is 3.25. The minimum absolute atomic E-state index is 0.210. The molecule has 1 aliphatic carbocycles. The first-order valence-corrected chi connectivity index (χ1v) is 7.15. The summed E-state index contributed by atoms with van der Waals surface area (Å²) in [6.45, 7) is 0. The van der Waals surface area contributed by atoms with E-state index in [1.165, 1.54) is 24.2 Å². The number of ether oxygens (including phenoxy) is 1. The van der Waals surface area contributed by atoms with Gasteiger partial charge in [0.2, 0.25) is 5.88 Å². The van der Waals surface area contributed by atoms with Gasteiger partial charge in [-0.25, -0.2) is 4.79 Å². The molecule has 0 spiro atoms. The van der Waals surface area contributed by atoms with Crippen LogP contribution in [0.1, 0.15) is 31.4 Å². The maximum atomic E-state index is 10.7. The number of carbonyl (C=O) groups is 1. The predicted molar refractivity (Wildman–Crippen MR) is 72.6 cm³/mol. The highest BCUT2D eigenvalue weighted by Crippen LogP contribution is 2.29. The zero-order valence-electron chi connectivity index (χ0n) is 10.3. The number of hydrogen-bond acceptors (Lipinski definition) is 4. The van der Waals surface area contributed by atoms with Gasteiger partial charge in [0, 0.05) is 17.7 Å². The number of carboxylic acids is 1. The molecule has 0 unspecified atom stereocenters. The van der Waals surface area contributed by atoms with Gasteiger partial charge >= 0.3 is 5.97 Å². The average Bonchev–Trinajstić information content (AvgIpc) is 3.04. The molecule has 0 radical (unpaired) electrons. The Balaban J connectivity index is 1.94. The van der Waals surface area contributed by atoms with Crippen LogP contribution in [0.3, 0.4) is 0 Å². The molecule has 100 valence electrons. The number of thiazole rings is 1. The number of fused-ring (bicyclic) bond motifs is 1.